The number of nitrogens with one attached hydrogen (secondary N) is 3. The van der Waals surface area contributed by atoms with Crippen LogP contribution in [0.15, 0.2) is 58.2 Å². The van der Waals surface area contributed by atoms with E-state index >= 15 is 0 Å². The highest BCUT2D eigenvalue weighted by atomic mass is 32.2. The van der Waals surface area contributed by atoms with Crippen molar-refractivity contribution in [3.05, 3.63) is 64.6 Å². The zero-order chi connectivity index (χ0) is 19.2. The van der Waals surface area contributed by atoms with Gasteiger partial charge in [-0.05, 0) is 49.1 Å². The van der Waals surface area contributed by atoms with E-state index in [2.05, 4.69) is 16.6 Å². The normalized spacial score (nSPS) is 12.2. The van der Waals surface area contributed by atoms with Gasteiger partial charge in [0.1, 0.15) is 0 Å². The molecule has 3 rings (SSSR count). The van der Waals surface area contributed by atoms with Gasteiger partial charge in [-0.3, -0.25) is 19.3 Å². The first-order chi connectivity index (χ1) is 13.2. The molecule has 4 N–H and O–H groups in total. The fourth-order valence-corrected chi connectivity index (χ4v) is 3.90. The van der Waals surface area contributed by atoms with Crippen molar-refractivity contribution in [1.82, 2.24) is 19.8 Å². The Morgan fingerprint density at radius 1 is 1.22 bits per heavy atom. The molecular weight excluding hydrogens is 364 g/mol. The summed E-state index contributed by atoms with van der Waals surface area (Å²) in [5.74, 6) is -0.545. The van der Waals surface area contributed by atoms with Crippen molar-refractivity contribution in [2.24, 2.45) is 0 Å². The summed E-state index contributed by atoms with van der Waals surface area (Å²) in [4.78, 5) is 27.7. The van der Waals surface area contributed by atoms with Gasteiger partial charge in [0, 0.05) is 17.5 Å². The highest BCUT2D eigenvalue weighted by molar-refractivity contribution is 7.97. The van der Waals surface area contributed by atoms with Gasteiger partial charge >= 0.3 is 5.69 Å². The molecule has 0 aliphatic rings. The quantitative estimate of drug-likeness (QED) is 0.206. The second-order valence-corrected chi connectivity index (χ2v) is 7.03. The van der Waals surface area contributed by atoms with Crippen molar-refractivity contribution < 1.29 is 10.0 Å². The fourth-order valence-electron chi connectivity index (χ4n) is 3.11. The molecule has 0 radical (unpaired) electrons. The van der Waals surface area contributed by atoms with E-state index in [4.69, 9.17) is 5.21 Å². The molecule has 2 aromatic carbocycles. The average Bonchev–Trinajstić information content (AvgIpc) is 3.03. The van der Waals surface area contributed by atoms with E-state index in [1.54, 1.807) is 17.6 Å². The minimum absolute atomic E-state index is 0.0673. The van der Waals surface area contributed by atoms with Crippen LogP contribution in [0.25, 0.3) is 11.0 Å². The number of fused-ring (bicyclic) bond motifs is 1. The molecule has 27 heavy (non-hydrogen) atoms. The maximum atomic E-state index is 12.4. The van der Waals surface area contributed by atoms with Crippen LogP contribution in [0, 0.1) is 0 Å². The van der Waals surface area contributed by atoms with E-state index in [0.29, 0.717) is 12.1 Å². The van der Waals surface area contributed by atoms with Crippen LogP contribution in [0.5, 0.6) is 0 Å². The van der Waals surface area contributed by atoms with E-state index < -0.39 is 5.91 Å². The number of imidazole rings is 1. The monoisotopic (exact) mass is 386 g/mol. The minimum atomic E-state index is -0.545. The third-order valence-corrected chi connectivity index (χ3v) is 5.38. The molecule has 0 bridgehead atoms. The van der Waals surface area contributed by atoms with Crippen LogP contribution in [0.1, 0.15) is 36.2 Å². The summed E-state index contributed by atoms with van der Waals surface area (Å²) in [6, 6.07) is 14.8. The van der Waals surface area contributed by atoms with Crippen LogP contribution < -0.4 is 15.9 Å². The van der Waals surface area contributed by atoms with Gasteiger partial charge in [0.05, 0.1) is 16.6 Å². The second-order valence-electron chi connectivity index (χ2n) is 6.10. The molecule has 0 fully saturated rings. The van der Waals surface area contributed by atoms with E-state index in [9.17, 15) is 9.59 Å². The SMILES string of the molecule is CCC(CCNSc1ccccc1C(=O)NO)n1c(=O)[nH]c2ccccc21. The first kappa shape index (κ1) is 19.2. The van der Waals surface area contributed by atoms with Crippen LogP contribution in [0.3, 0.4) is 0 Å². The molecule has 0 saturated carbocycles. The van der Waals surface area contributed by atoms with Crippen molar-refractivity contribution >= 4 is 28.9 Å². The summed E-state index contributed by atoms with van der Waals surface area (Å²) in [7, 11) is 0. The van der Waals surface area contributed by atoms with Crippen LogP contribution in [-0.4, -0.2) is 27.2 Å². The summed E-state index contributed by atoms with van der Waals surface area (Å²) in [5, 5.41) is 8.84. The van der Waals surface area contributed by atoms with Crippen molar-refractivity contribution in [1.29, 1.82) is 0 Å². The Kier molecular flexibility index (Phi) is 6.33. The van der Waals surface area contributed by atoms with Crippen LogP contribution in [-0.2, 0) is 0 Å². The molecule has 1 heterocycles. The Morgan fingerprint density at radius 3 is 2.74 bits per heavy atom. The van der Waals surface area contributed by atoms with E-state index in [-0.39, 0.29) is 11.7 Å². The Hall–Kier alpha value is -2.55. The molecule has 1 aromatic heterocycles. The molecule has 1 amide bonds. The molecule has 1 unspecified atom stereocenters. The van der Waals surface area contributed by atoms with Gasteiger partial charge in [-0.2, -0.15) is 0 Å². The lowest BCUT2D eigenvalue weighted by atomic mass is 10.1. The lowest BCUT2D eigenvalue weighted by Gasteiger charge is -2.17. The smallest absolute Gasteiger partial charge is 0.306 e. The highest BCUT2D eigenvalue weighted by Crippen LogP contribution is 2.22. The first-order valence-electron chi connectivity index (χ1n) is 8.78. The maximum absolute atomic E-state index is 12.4. The number of hydrogen-bond donors (Lipinski definition) is 4. The molecule has 0 spiro atoms. The van der Waals surface area contributed by atoms with Crippen molar-refractivity contribution in [2.45, 2.75) is 30.7 Å². The van der Waals surface area contributed by atoms with Gasteiger partial charge < -0.3 is 4.98 Å². The maximum Gasteiger partial charge on any atom is 0.326 e. The predicted molar refractivity (Wildman–Crippen MR) is 106 cm³/mol. The van der Waals surface area contributed by atoms with Gasteiger partial charge in [0.25, 0.3) is 5.91 Å². The summed E-state index contributed by atoms with van der Waals surface area (Å²) in [6.07, 6.45) is 1.59. The second kappa shape index (κ2) is 8.90. The van der Waals surface area contributed by atoms with Crippen molar-refractivity contribution in [3.63, 3.8) is 0 Å². The number of carbonyl (C=O) groups excluding carboxylic acids is 1. The largest absolute Gasteiger partial charge is 0.326 e. The zero-order valence-corrected chi connectivity index (χ0v) is 15.8. The molecular formula is C19H22N4O3S. The number of aromatic amines is 1. The molecule has 0 aliphatic heterocycles. The molecule has 8 heteroatoms. The molecule has 0 aliphatic carbocycles. The number of amides is 1. The average molecular weight is 386 g/mol. The summed E-state index contributed by atoms with van der Waals surface area (Å²) >= 11 is 1.33. The first-order valence-corrected chi connectivity index (χ1v) is 9.59. The van der Waals surface area contributed by atoms with E-state index in [0.717, 1.165) is 28.8 Å². The molecule has 142 valence electrons. The lowest BCUT2D eigenvalue weighted by Crippen LogP contribution is -2.24. The fraction of sp³-hybridized carbons (Fsp3) is 0.263. The van der Waals surface area contributed by atoms with Crippen LogP contribution in [0.4, 0.5) is 0 Å². The summed E-state index contributed by atoms with van der Waals surface area (Å²) < 4.78 is 5.06. The van der Waals surface area contributed by atoms with Gasteiger partial charge in [-0.15, -0.1) is 0 Å². The molecule has 3 aromatic rings. The van der Waals surface area contributed by atoms with Crippen LogP contribution >= 0.6 is 11.9 Å². The third-order valence-electron chi connectivity index (χ3n) is 4.46. The van der Waals surface area contributed by atoms with Gasteiger partial charge in [-0.25, -0.2) is 10.3 Å². The number of hydroxylamine groups is 1. The van der Waals surface area contributed by atoms with Gasteiger partial charge in [0.15, 0.2) is 0 Å². The molecule has 0 saturated heterocycles. The van der Waals surface area contributed by atoms with Crippen molar-refractivity contribution in [3.8, 4) is 0 Å². The molecule has 1 atom stereocenters. The van der Waals surface area contributed by atoms with Crippen molar-refractivity contribution in [2.75, 3.05) is 6.54 Å². The van der Waals surface area contributed by atoms with Crippen LogP contribution in [0.2, 0.25) is 0 Å². The predicted octanol–water partition coefficient (Wildman–Crippen LogP) is 3.09. The standard InChI is InChI=1S/C19H22N4O3S/c1-2-13(23-16-9-5-4-8-15(16)21-19(23)25)11-12-20-27-17-10-6-3-7-14(17)18(24)22-26/h3-10,13,20,26H,2,11-12H2,1H3,(H,21,25)(H,22,24). The Balaban J connectivity index is 1.65. The lowest BCUT2D eigenvalue weighted by molar-refractivity contribution is 0.0703. The number of carbonyl (C=O) groups is 1. The number of para-hydroxylation sites is 2. The summed E-state index contributed by atoms with van der Waals surface area (Å²) in [5.41, 5.74) is 3.71. The Morgan fingerprint density at radius 2 is 1.96 bits per heavy atom. The van der Waals surface area contributed by atoms with E-state index in [1.165, 1.54) is 11.9 Å². The topological polar surface area (TPSA) is 99.1 Å². The van der Waals surface area contributed by atoms with E-state index in [1.807, 2.05) is 41.0 Å². The van der Waals surface area contributed by atoms with Gasteiger partial charge in [0.2, 0.25) is 0 Å². The number of aromatic nitrogens is 2. The molecule has 7 nitrogen and oxygen atoms in total. The number of hydrogen-bond acceptors (Lipinski definition) is 5. The Labute approximate surface area is 160 Å². The van der Waals surface area contributed by atoms with Gasteiger partial charge in [-0.1, -0.05) is 31.2 Å². The summed E-state index contributed by atoms with van der Waals surface area (Å²) in [6.45, 7) is 2.72. The Bertz CT molecular complexity index is 982. The number of benzene rings is 2. The number of rotatable bonds is 8. The zero-order valence-electron chi connectivity index (χ0n) is 14.9. The number of H-pyrrole nitrogens is 1. The third kappa shape index (κ3) is 4.24. The highest BCUT2D eigenvalue weighted by Gasteiger charge is 2.15. The number of nitrogens with zero attached hydrogens (tertiary/aromatic N) is 1. The minimum Gasteiger partial charge on any atom is -0.306 e.